The van der Waals surface area contributed by atoms with Gasteiger partial charge in [-0.2, -0.15) is 4.31 Å². The lowest BCUT2D eigenvalue weighted by atomic mass is 10.1. The van der Waals surface area contributed by atoms with E-state index in [2.05, 4.69) is 5.48 Å². The molecule has 0 radical (unpaired) electrons. The highest BCUT2D eigenvalue weighted by Crippen LogP contribution is 2.26. The average molecular weight is 505 g/mol. The molecule has 1 unspecified atom stereocenters. The SMILES string of the molecule is CCCN(Cc1ccc(C(=O)NOC2CCCCO2)cc1)S(=O)(=O)c1cc(F)c(F)c(F)c1F. The Labute approximate surface area is 194 Å². The van der Waals surface area contributed by atoms with Gasteiger partial charge in [-0.25, -0.2) is 36.3 Å². The molecule has 1 saturated heterocycles. The molecule has 2 aromatic carbocycles. The molecule has 0 saturated carbocycles. The predicted molar refractivity (Wildman–Crippen MR) is 113 cm³/mol. The molecule has 12 heteroatoms. The van der Waals surface area contributed by atoms with Crippen LogP contribution in [0.2, 0.25) is 0 Å². The molecule has 1 heterocycles. The molecule has 0 aromatic heterocycles. The van der Waals surface area contributed by atoms with Crippen molar-refractivity contribution in [1.82, 2.24) is 9.79 Å². The van der Waals surface area contributed by atoms with Gasteiger partial charge in [0, 0.05) is 37.7 Å². The molecule has 2 aromatic rings. The summed E-state index contributed by atoms with van der Waals surface area (Å²) in [7, 11) is -4.70. The van der Waals surface area contributed by atoms with E-state index >= 15 is 0 Å². The van der Waals surface area contributed by atoms with Crippen molar-refractivity contribution < 1.29 is 40.3 Å². The highest BCUT2D eigenvalue weighted by molar-refractivity contribution is 7.89. The number of nitrogens with zero attached hydrogens (tertiary/aromatic N) is 1. The quantitative estimate of drug-likeness (QED) is 0.241. The zero-order valence-corrected chi connectivity index (χ0v) is 19.1. The Kier molecular flexibility index (Phi) is 8.63. The van der Waals surface area contributed by atoms with Crippen molar-refractivity contribution in [3.63, 3.8) is 0 Å². The molecule has 0 aliphatic carbocycles. The van der Waals surface area contributed by atoms with Gasteiger partial charge in [0.15, 0.2) is 29.6 Å². The number of amides is 1. The van der Waals surface area contributed by atoms with Crippen molar-refractivity contribution in [3.8, 4) is 0 Å². The molecule has 34 heavy (non-hydrogen) atoms. The molecule has 7 nitrogen and oxygen atoms in total. The molecule has 1 fully saturated rings. The molecular formula is C22H24F4N2O5S. The van der Waals surface area contributed by atoms with E-state index in [0.717, 1.165) is 17.1 Å². The van der Waals surface area contributed by atoms with Crippen LogP contribution in [0, 0.1) is 23.3 Å². The van der Waals surface area contributed by atoms with Gasteiger partial charge in [0.25, 0.3) is 5.91 Å². The van der Waals surface area contributed by atoms with Crippen LogP contribution in [0.25, 0.3) is 0 Å². The van der Waals surface area contributed by atoms with Gasteiger partial charge in [0.05, 0.1) is 0 Å². The highest BCUT2D eigenvalue weighted by atomic mass is 32.2. The van der Waals surface area contributed by atoms with Gasteiger partial charge < -0.3 is 4.74 Å². The summed E-state index contributed by atoms with van der Waals surface area (Å²) in [4.78, 5) is 16.2. The zero-order valence-electron chi connectivity index (χ0n) is 18.3. The second-order valence-corrected chi connectivity index (χ2v) is 9.59. The van der Waals surface area contributed by atoms with Crippen LogP contribution in [0.1, 0.15) is 48.5 Å². The summed E-state index contributed by atoms with van der Waals surface area (Å²) in [5.41, 5.74) is 2.96. The Balaban J connectivity index is 1.73. The first kappa shape index (κ1) is 26.1. The van der Waals surface area contributed by atoms with Crippen LogP contribution < -0.4 is 5.48 Å². The number of carbonyl (C=O) groups excluding carboxylic acids is 1. The minimum atomic E-state index is -4.70. The number of hydroxylamine groups is 1. The maximum Gasteiger partial charge on any atom is 0.274 e. The van der Waals surface area contributed by atoms with Gasteiger partial charge in [-0.05, 0) is 37.0 Å². The number of ether oxygens (including phenoxy) is 1. The summed E-state index contributed by atoms with van der Waals surface area (Å²) in [6.07, 6.45) is 2.30. The molecule has 3 rings (SSSR count). The lowest BCUT2D eigenvalue weighted by Gasteiger charge is -2.23. The second-order valence-electron chi connectivity index (χ2n) is 7.68. The van der Waals surface area contributed by atoms with Gasteiger partial charge in [0.1, 0.15) is 4.90 Å². The maximum absolute atomic E-state index is 14.2. The summed E-state index contributed by atoms with van der Waals surface area (Å²) < 4.78 is 86.7. The smallest absolute Gasteiger partial charge is 0.274 e. The van der Waals surface area contributed by atoms with Gasteiger partial charge in [-0.15, -0.1) is 0 Å². The topological polar surface area (TPSA) is 84.9 Å². The third-order valence-electron chi connectivity index (χ3n) is 5.16. The van der Waals surface area contributed by atoms with E-state index in [1.807, 2.05) is 0 Å². The summed E-state index contributed by atoms with van der Waals surface area (Å²) >= 11 is 0. The lowest BCUT2D eigenvalue weighted by molar-refractivity contribution is -0.186. The second kappa shape index (κ2) is 11.3. The average Bonchev–Trinajstić information content (AvgIpc) is 2.84. The van der Waals surface area contributed by atoms with Gasteiger partial charge in [0.2, 0.25) is 10.0 Å². The monoisotopic (exact) mass is 504 g/mol. The number of hydrogen-bond acceptors (Lipinski definition) is 5. The number of nitrogens with one attached hydrogen (secondary N) is 1. The van der Waals surface area contributed by atoms with Gasteiger partial charge in [-0.1, -0.05) is 19.1 Å². The van der Waals surface area contributed by atoms with E-state index in [1.54, 1.807) is 6.92 Å². The maximum atomic E-state index is 14.2. The van der Waals surface area contributed by atoms with Crippen LogP contribution in [-0.4, -0.2) is 38.1 Å². The van der Waals surface area contributed by atoms with Gasteiger partial charge in [-0.3, -0.25) is 4.79 Å². The third kappa shape index (κ3) is 5.93. The van der Waals surface area contributed by atoms with Crippen LogP contribution >= 0.6 is 0 Å². The number of benzene rings is 2. The standard InChI is InChI=1S/C22H24F4N2O5S/c1-2-10-28(34(30,31)17-12-16(23)19(24)21(26)20(17)25)13-14-6-8-15(9-7-14)22(29)27-33-18-5-3-4-11-32-18/h6-9,12,18H,2-5,10-11,13H2,1H3,(H,27,29). The van der Waals surface area contributed by atoms with Crippen LogP contribution in [0.4, 0.5) is 17.6 Å². The van der Waals surface area contributed by atoms with Crippen molar-refractivity contribution in [1.29, 1.82) is 0 Å². The first-order valence-corrected chi connectivity index (χ1v) is 12.1. The Bertz CT molecular complexity index is 1120. The number of rotatable bonds is 9. The number of sulfonamides is 1. The highest BCUT2D eigenvalue weighted by Gasteiger charge is 2.32. The molecule has 1 amide bonds. The fourth-order valence-corrected chi connectivity index (χ4v) is 4.95. The first-order chi connectivity index (χ1) is 16.1. The summed E-state index contributed by atoms with van der Waals surface area (Å²) in [6.45, 7) is 1.84. The van der Waals surface area contributed by atoms with Crippen LogP contribution in [0.5, 0.6) is 0 Å². The molecule has 1 atom stereocenters. The normalized spacial score (nSPS) is 16.6. The Hall–Kier alpha value is -2.54. The van der Waals surface area contributed by atoms with Crippen LogP contribution in [0.3, 0.4) is 0 Å². The van der Waals surface area contributed by atoms with Crippen molar-refractivity contribution >= 4 is 15.9 Å². The van der Waals surface area contributed by atoms with Crippen molar-refractivity contribution in [2.24, 2.45) is 0 Å². The number of halogens is 4. The fraction of sp³-hybridized carbons (Fsp3) is 0.409. The molecule has 1 N–H and O–H groups in total. The Morgan fingerprint density at radius 1 is 1.12 bits per heavy atom. The Morgan fingerprint density at radius 3 is 2.44 bits per heavy atom. The lowest BCUT2D eigenvalue weighted by Crippen LogP contribution is -2.33. The molecular weight excluding hydrogens is 480 g/mol. The van der Waals surface area contributed by atoms with Crippen LogP contribution in [0.15, 0.2) is 35.2 Å². The molecule has 1 aliphatic rings. The molecule has 0 spiro atoms. The van der Waals surface area contributed by atoms with Gasteiger partial charge >= 0.3 is 0 Å². The predicted octanol–water partition coefficient (Wildman–Crippen LogP) is 4.03. The fourth-order valence-electron chi connectivity index (χ4n) is 3.36. The van der Waals surface area contributed by atoms with E-state index in [-0.39, 0.29) is 24.7 Å². The van der Waals surface area contributed by atoms with E-state index in [0.29, 0.717) is 25.0 Å². The first-order valence-electron chi connectivity index (χ1n) is 10.6. The minimum absolute atomic E-state index is 0.0974. The van der Waals surface area contributed by atoms with Crippen molar-refractivity contribution in [2.45, 2.75) is 50.3 Å². The number of carbonyl (C=O) groups is 1. The zero-order chi connectivity index (χ0) is 24.9. The molecule has 186 valence electrons. The minimum Gasteiger partial charge on any atom is -0.350 e. The largest absolute Gasteiger partial charge is 0.350 e. The molecule has 0 bridgehead atoms. The third-order valence-corrected chi connectivity index (χ3v) is 7.00. The Morgan fingerprint density at radius 2 is 1.82 bits per heavy atom. The summed E-state index contributed by atoms with van der Waals surface area (Å²) in [6, 6.07) is 5.95. The van der Waals surface area contributed by atoms with E-state index in [1.165, 1.54) is 24.3 Å². The van der Waals surface area contributed by atoms with E-state index < -0.39 is 50.4 Å². The summed E-state index contributed by atoms with van der Waals surface area (Å²) in [5, 5.41) is 0. The van der Waals surface area contributed by atoms with E-state index in [9.17, 15) is 30.8 Å². The number of hydrogen-bond donors (Lipinski definition) is 1. The van der Waals surface area contributed by atoms with E-state index in [4.69, 9.17) is 9.57 Å². The van der Waals surface area contributed by atoms with Crippen molar-refractivity contribution in [2.75, 3.05) is 13.2 Å². The van der Waals surface area contributed by atoms with Crippen LogP contribution in [-0.2, 0) is 26.1 Å². The molecule has 1 aliphatic heterocycles. The summed E-state index contributed by atoms with van der Waals surface area (Å²) in [5.74, 6) is -8.63. The van der Waals surface area contributed by atoms with Crippen molar-refractivity contribution in [3.05, 3.63) is 64.7 Å².